The molecular weight excluding hydrogens is 259 g/mol. The number of carbonyl (C=O) groups excluding carboxylic acids is 2. The highest BCUT2D eigenvalue weighted by Crippen LogP contribution is 2.29. The second-order valence-electron chi connectivity index (χ2n) is 6.30. The lowest BCUT2D eigenvalue weighted by Gasteiger charge is -2.34. The first kappa shape index (κ1) is 14.5. The molecule has 0 spiro atoms. The van der Waals surface area contributed by atoms with E-state index >= 15 is 0 Å². The molecule has 0 aromatic heterocycles. The van der Waals surface area contributed by atoms with Crippen molar-refractivity contribution in [2.45, 2.75) is 27.2 Å². The molecule has 1 N–H and O–H groups in total. The van der Waals surface area contributed by atoms with Gasteiger partial charge < -0.3 is 5.32 Å². The highest BCUT2D eigenvalue weighted by molar-refractivity contribution is 6.16. The van der Waals surface area contributed by atoms with Crippen LogP contribution < -0.4 is 10.2 Å². The maximum atomic E-state index is 13.3. The SMILES string of the molecule is CC(C)(C)CC1CNC(=O)N(c2cccc(F)c2)C1=O. The van der Waals surface area contributed by atoms with Gasteiger partial charge in [-0.3, -0.25) is 4.79 Å². The Hall–Kier alpha value is -1.91. The first-order valence-electron chi connectivity index (χ1n) is 6.65. The second-order valence-corrected chi connectivity index (χ2v) is 6.30. The highest BCUT2D eigenvalue weighted by atomic mass is 19.1. The van der Waals surface area contributed by atoms with Gasteiger partial charge in [0.15, 0.2) is 0 Å². The molecular formula is C15H19FN2O2. The van der Waals surface area contributed by atoms with E-state index in [2.05, 4.69) is 5.32 Å². The zero-order valence-electron chi connectivity index (χ0n) is 11.9. The van der Waals surface area contributed by atoms with Crippen LogP contribution in [0, 0.1) is 17.2 Å². The smallest absolute Gasteiger partial charge is 0.328 e. The van der Waals surface area contributed by atoms with Crippen molar-refractivity contribution < 1.29 is 14.0 Å². The van der Waals surface area contributed by atoms with Crippen LogP contribution in [0.25, 0.3) is 0 Å². The van der Waals surface area contributed by atoms with Crippen molar-refractivity contribution in [3.05, 3.63) is 30.1 Å². The molecule has 1 unspecified atom stereocenters. The van der Waals surface area contributed by atoms with E-state index in [0.29, 0.717) is 13.0 Å². The van der Waals surface area contributed by atoms with Crippen LogP contribution in [0.5, 0.6) is 0 Å². The molecule has 5 heteroatoms. The largest absolute Gasteiger partial charge is 0.337 e. The number of nitrogens with one attached hydrogen (secondary N) is 1. The molecule has 1 heterocycles. The molecule has 1 saturated heterocycles. The van der Waals surface area contributed by atoms with Crippen molar-refractivity contribution in [2.24, 2.45) is 11.3 Å². The first-order valence-corrected chi connectivity index (χ1v) is 6.65. The van der Waals surface area contributed by atoms with Crippen LogP contribution in [0.4, 0.5) is 14.9 Å². The Morgan fingerprint density at radius 3 is 2.65 bits per heavy atom. The van der Waals surface area contributed by atoms with Crippen LogP contribution >= 0.6 is 0 Å². The highest BCUT2D eigenvalue weighted by Gasteiger charge is 2.37. The van der Waals surface area contributed by atoms with Crippen LogP contribution in [-0.2, 0) is 4.79 Å². The summed E-state index contributed by atoms with van der Waals surface area (Å²) in [4.78, 5) is 25.4. The summed E-state index contributed by atoms with van der Waals surface area (Å²) in [7, 11) is 0. The molecule has 1 aromatic carbocycles. The fraction of sp³-hybridized carbons (Fsp3) is 0.467. The average molecular weight is 278 g/mol. The van der Waals surface area contributed by atoms with Crippen LogP contribution in [0.2, 0.25) is 0 Å². The predicted octanol–water partition coefficient (Wildman–Crippen LogP) is 2.93. The van der Waals surface area contributed by atoms with Crippen molar-refractivity contribution in [3.63, 3.8) is 0 Å². The normalized spacial score (nSPS) is 20.0. The Balaban J connectivity index is 2.27. The third kappa shape index (κ3) is 3.15. The Morgan fingerprint density at radius 2 is 2.05 bits per heavy atom. The van der Waals surface area contributed by atoms with Crippen LogP contribution in [-0.4, -0.2) is 18.5 Å². The van der Waals surface area contributed by atoms with Gasteiger partial charge in [-0.05, 0) is 30.0 Å². The minimum atomic E-state index is -0.495. The van der Waals surface area contributed by atoms with E-state index in [1.807, 2.05) is 20.8 Å². The summed E-state index contributed by atoms with van der Waals surface area (Å²) in [6, 6.07) is 5.02. The van der Waals surface area contributed by atoms with Gasteiger partial charge in [0.05, 0.1) is 11.6 Å². The Bertz CT molecular complexity index is 537. The number of nitrogens with zero attached hydrogens (tertiary/aromatic N) is 1. The minimum absolute atomic E-state index is 0.0179. The van der Waals surface area contributed by atoms with Gasteiger partial charge in [-0.25, -0.2) is 14.1 Å². The summed E-state index contributed by atoms with van der Waals surface area (Å²) >= 11 is 0. The van der Waals surface area contributed by atoms with Crippen LogP contribution in [0.3, 0.4) is 0 Å². The number of hydrogen-bond donors (Lipinski definition) is 1. The fourth-order valence-electron chi connectivity index (χ4n) is 2.42. The monoisotopic (exact) mass is 278 g/mol. The maximum absolute atomic E-state index is 13.3. The number of hydrogen-bond acceptors (Lipinski definition) is 2. The van der Waals surface area contributed by atoms with Gasteiger partial charge in [0.2, 0.25) is 5.91 Å². The first-order chi connectivity index (χ1) is 9.28. The number of carbonyl (C=O) groups is 2. The minimum Gasteiger partial charge on any atom is -0.337 e. The molecule has 0 bridgehead atoms. The van der Waals surface area contributed by atoms with Crippen LogP contribution in [0.15, 0.2) is 24.3 Å². The zero-order valence-corrected chi connectivity index (χ0v) is 11.9. The lowest BCUT2D eigenvalue weighted by molar-refractivity contribution is -0.123. The van der Waals surface area contributed by atoms with Crippen molar-refractivity contribution in [1.82, 2.24) is 5.32 Å². The van der Waals surface area contributed by atoms with Crippen molar-refractivity contribution in [1.29, 1.82) is 0 Å². The third-order valence-corrected chi connectivity index (χ3v) is 3.20. The number of imide groups is 1. The summed E-state index contributed by atoms with van der Waals surface area (Å²) in [5.74, 6) is -1.02. The number of anilines is 1. The lowest BCUT2D eigenvalue weighted by Crippen LogP contribution is -2.55. The second kappa shape index (κ2) is 5.23. The molecule has 1 fully saturated rings. The number of rotatable bonds is 2. The van der Waals surface area contributed by atoms with Gasteiger partial charge in [0, 0.05) is 6.54 Å². The van der Waals surface area contributed by atoms with Gasteiger partial charge in [-0.15, -0.1) is 0 Å². The summed E-state index contributed by atoms with van der Waals surface area (Å²) < 4.78 is 13.3. The van der Waals surface area contributed by atoms with Gasteiger partial charge in [-0.1, -0.05) is 26.8 Å². The Kier molecular flexibility index (Phi) is 3.79. The summed E-state index contributed by atoms with van der Waals surface area (Å²) in [6.45, 7) is 6.47. The standard InChI is InChI=1S/C15H19FN2O2/c1-15(2,3)8-10-9-17-14(20)18(13(10)19)12-6-4-5-11(16)7-12/h4-7,10H,8-9H2,1-3H3,(H,17,20). The lowest BCUT2D eigenvalue weighted by atomic mass is 9.83. The summed E-state index contributed by atoms with van der Waals surface area (Å²) in [5, 5.41) is 2.70. The molecule has 0 aliphatic carbocycles. The fourth-order valence-corrected chi connectivity index (χ4v) is 2.42. The summed E-state index contributed by atoms with van der Waals surface area (Å²) in [6.07, 6.45) is 0.665. The average Bonchev–Trinajstić information content (AvgIpc) is 2.32. The van der Waals surface area contributed by atoms with Crippen molar-refractivity contribution >= 4 is 17.6 Å². The zero-order chi connectivity index (χ0) is 14.9. The molecule has 4 nitrogen and oxygen atoms in total. The number of halogens is 1. The predicted molar refractivity (Wildman–Crippen MR) is 74.8 cm³/mol. The Morgan fingerprint density at radius 1 is 1.35 bits per heavy atom. The van der Waals surface area contributed by atoms with E-state index in [-0.39, 0.29) is 22.9 Å². The molecule has 1 aliphatic heterocycles. The van der Waals surface area contributed by atoms with Gasteiger partial charge in [0.25, 0.3) is 0 Å². The number of urea groups is 1. The van der Waals surface area contributed by atoms with E-state index in [9.17, 15) is 14.0 Å². The third-order valence-electron chi connectivity index (χ3n) is 3.20. The molecule has 20 heavy (non-hydrogen) atoms. The Labute approximate surface area is 118 Å². The van der Waals surface area contributed by atoms with E-state index in [1.54, 1.807) is 6.07 Å². The molecule has 108 valence electrons. The van der Waals surface area contributed by atoms with Gasteiger partial charge in [0.1, 0.15) is 5.82 Å². The summed E-state index contributed by atoms with van der Waals surface area (Å²) in [5.41, 5.74) is 0.252. The van der Waals surface area contributed by atoms with Crippen molar-refractivity contribution in [2.75, 3.05) is 11.4 Å². The van der Waals surface area contributed by atoms with Gasteiger partial charge >= 0.3 is 6.03 Å². The van der Waals surface area contributed by atoms with Crippen LogP contribution in [0.1, 0.15) is 27.2 Å². The molecule has 3 amide bonds. The molecule has 0 saturated carbocycles. The quantitative estimate of drug-likeness (QED) is 0.904. The van der Waals surface area contributed by atoms with Gasteiger partial charge in [-0.2, -0.15) is 0 Å². The number of amides is 3. The van der Waals surface area contributed by atoms with E-state index < -0.39 is 11.8 Å². The molecule has 2 rings (SSSR count). The topological polar surface area (TPSA) is 49.4 Å². The van der Waals surface area contributed by atoms with E-state index in [4.69, 9.17) is 0 Å². The number of benzene rings is 1. The molecule has 0 radical (unpaired) electrons. The van der Waals surface area contributed by atoms with Crippen molar-refractivity contribution in [3.8, 4) is 0 Å². The maximum Gasteiger partial charge on any atom is 0.328 e. The van der Waals surface area contributed by atoms with E-state index in [1.165, 1.54) is 18.2 Å². The molecule has 1 aromatic rings. The molecule has 1 aliphatic rings. The molecule has 1 atom stereocenters. The van der Waals surface area contributed by atoms with E-state index in [0.717, 1.165) is 4.90 Å².